The number of benzene rings is 4. The number of carbonyl (C=O) groups excluding carboxylic acids is 1. The normalized spacial score (nSPS) is 13.3. The molecule has 1 N–H and O–H groups in total. The van der Waals surface area contributed by atoms with Crippen molar-refractivity contribution in [1.82, 2.24) is 0 Å². The van der Waals surface area contributed by atoms with E-state index in [4.69, 9.17) is 4.74 Å². The summed E-state index contributed by atoms with van der Waals surface area (Å²) in [5, 5.41) is 4.76. The van der Waals surface area contributed by atoms with Crippen LogP contribution in [0.3, 0.4) is 0 Å². The van der Waals surface area contributed by atoms with Crippen LogP contribution >= 0.6 is 0 Å². The molecule has 7 heteroatoms. The van der Waals surface area contributed by atoms with Crippen LogP contribution < -0.4 is 14.4 Å². The summed E-state index contributed by atoms with van der Waals surface area (Å²) < 4.78 is 33.7. The number of nitrogens with zero attached hydrogens (tertiary/aromatic N) is 1. The van der Waals surface area contributed by atoms with Gasteiger partial charge in [0.15, 0.2) is 0 Å². The first-order chi connectivity index (χ1) is 17.0. The Morgan fingerprint density at radius 1 is 0.971 bits per heavy atom. The van der Waals surface area contributed by atoms with E-state index in [1.54, 1.807) is 42.5 Å². The first-order valence-corrected chi connectivity index (χ1v) is 13.1. The number of carbonyl (C=O) groups is 1. The number of nitrogens with one attached hydrogen (secondary N) is 1. The predicted octanol–water partition coefficient (Wildman–Crippen LogP) is 5.63. The third-order valence-corrected chi connectivity index (χ3v) is 7.99. The standard InChI is InChI=1S/C28H26N2O4S/c1-2-34-26-17-14-20-9-6-7-13-24(20)27(26)28(31)29-22-15-16-25-21(19-22)10-8-18-30(25)35(32,33)23-11-4-3-5-12-23/h3-7,9,11-17,19H,2,8,10,18H2,1H3,(H,29,31). The fourth-order valence-corrected chi connectivity index (χ4v) is 6.13. The minimum Gasteiger partial charge on any atom is -0.493 e. The number of ether oxygens (including phenoxy) is 1. The fourth-order valence-electron chi connectivity index (χ4n) is 4.56. The van der Waals surface area contributed by atoms with Crippen molar-refractivity contribution in [1.29, 1.82) is 0 Å². The summed E-state index contributed by atoms with van der Waals surface area (Å²) >= 11 is 0. The zero-order chi connectivity index (χ0) is 24.4. The molecule has 0 bridgehead atoms. The predicted molar refractivity (Wildman–Crippen MR) is 139 cm³/mol. The first kappa shape index (κ1) is 22.9. The molecule has 0 radical (unpaired) electrons. The molecule has 4 aromatic carbocycles. The summed E-state index contributed by atoms with van der Waals surface area (Å²) in [6.45, 7) is 2.75. The van der Waals surface area contributed by atoms with E-state index in [2.05, 4.69) is 5.32 Å². The lowest BCUT2D eigenvalue weighted by atomic mass is 10.0. The highest BCUT2D eigenvalue weighted by Gasteiger charge is 2.29. The van der Waals surface area contributed by atoms with Gasteiger partial charge in [0, 0.05) is 12.2 Å². The van der Waals surface area contributed by atoms with E-state index in [9.17, 15) is 13.2 Å². The molecule has 0 aliphatic carbocycles. The minimum absolute atomic E-state index is 0.268. The Morgan fingerprint density at radius 3 is 2.54 bits per heavy atom. The Bertz CT molecular complexity index is 1500. The minimum atomic E-state index is -3.66. The van der Waals surface area contributed by atoms with E-state index in [0.29, 0.717) is 42.3 Å². The molecule has 0 saturated heterocycles. The molecule has 0 spiro atoms. The van der Waals surface area contributed by atoms with E-state index in [1.807, 2.05) is 49.4 Å². The van der Waals surface area contributed by atoms with Crippen LogP contribution in [0, 0.1) is 0 Å². The van der Waals surface area contributed by atoms with Crippen LogP contribution in [0.4, 0.5) is 11.4 Å². The Balaban J connectivity index is 1.47. The van der Waals surface area contributed by atoms with Gasteiger partial charge in [0.25, 0.3) is 15.9 Å². The van der Waals surface area contributed by atoms with Crippen LogP contribution in [0.15, 0.2) is 89.8 Å². The molecule has 0 unspecified atom stereocenters. The first-order valence-electron chi connectivity index (χ1n) is 11.7. The zero-order valence-corrected chi connectivity index (χ0v) is 20.2. The lowest BCUT2D eigenvalue weighted by Gasteiger charge is -2.31. The fraction of sp³-hybridized carbons (Fsp3) is 0.179. The largest absolute Gasteiger partial charge is 0.493 e. The monoisotopic (exact) mass is 486 g/mol. The molecule has 0 saturated carbocycles. The molecule has 1 amide bonds. The summed E-state index contributed by atoms with van der Waals surface area (Å²) in [6.07, 6.45) is 1.44. The Hall–Kier alpha value is -3.84. The van der Waals surface area contributed by atoms with Gasteiger partial charge in [0.2, 0.25) is 0 Å². The molecule has 5 rings (SSSR count). The van der Waals surface area contributed by atoms with Gasteiger partial charge in [-0.05, 0) is 72.5 Å². The molecule has 6 nitrogen and oxygen atoms in total. The molecule has 1 aliphatic heterocycles. The molecule has 0 aromatic heterocycles. The highest BCUT2D eigenvalue weighted by molar-refractivity contribution is 7.92. The maximum absolute atomic E-state index is 13.4. The van der Waals surface area contributed by atoms with Crippen molar-refractivity contribution in [2.24, 2.45) is 0 Å². The van der Waals surface area contributed by atoms with Gasteiger partial charge >= 0.3 is 0 Å². The maximum Gasteiger partial charge on any atom is 0.264 e. The molecule has 35 heavy (non-hydrogen) atoms. The van der Waals surface area contributed by atoms with E-state index < -0.39 is 10.0 Å². The number of amides is 1. The highest BCUT2D eigenvalue weighted by Crippen LogP contribution is 2.35. The number of hydrogen-bond acceptors (Lipinski definition) is 4. The second-order valence-electron chi connectivity index (χ2n) is 8.38. The van der Waals surface area contributed by atoms with Crippen molar-refractivity contribution >= 4 is 38.1 Å². The van der Waals surface area contributed by atoms with Gasteiger partial charge in [-0.2, -0.15) is 0 Å². The summed E-state index contributed by atoms with van der Waals surface area (Å²) in [6, 6.07) is 25.3. The van der Waals surface area contributed by atoms with Crippen molar-refractivity contribution < 1.29 is 17.9 Å². The van der Waals surface area contributed by atoms with Crippen LogP contribution in [-0.2, 0) is 16.4 Å². The average Bonchev–Trinajstić information content (AvgIpc) is 2.88. The SMILES string of the molecule is CCOc1ccc2ccccc2c1C(=O)Nc1ccc2c(c1)CCCN2S(=O)(=O)c1ccccc1. The quantitative estimate of drug-likeness (QED) is 0.383. The molecule has 178 valence electrons. The Kier molecular flexibility index (Phi) is 6.17. The van der Waals surface area contributed by atoms with Crippen molar-refractivity contribution in [3.8, 4) is 5.75 Å². The Labute approximate surface area is 205 Å². The molecule has 1 heterocycles. The number of rotatable bonds is 6. The second-order valence-corrected chi connectivity index (χ2v) is 10.2. The second kappa shape index (κ2) is 9.43. The van der Waals surface area contributed by atoms with E-state index >= 15 is 0 Å². The van der Waals surface area contributed by atoms with Gasteiger partial charge in [0.1, 0.15) is 5.75 Å². The molecule has 0 fully saturated rings. The van der Waals surface area contributed by atoms with Crippen LogP contribution in [0.5, 0.6) is 5.75 Å². The smallest absolute Gasteiger partial charge is 0.264 e. The number of aryl methyl sites for hydroxylation is 1. The average molecular weight is 487 g/mol. The van der Waals surface area contributed by atoms with Crippen molar-refractivity contribution in [3.63, 3.8) is 0 Å². The summed E-state index contributed by atoms with van der Waals surface area (Å²) in [5.74, 6) is 0.261. The summed E-state index contributed by atoms with van der Waals surface area (Å²) in [7, 11) is -3.66. The molecule has 4 aromatic rings. The third-order valence-electron chi connectivity index (χ3n) is 6.16. The number of fused-ring (bicyclic) bond motifs is 2. The number of anilines is 2. The molecular formula is C28H26N2O4S. The van der Waals surface area contributed by atoms with Crippen molar-refractivity contribution in [2.75, 3.05) is 22.8 Å². The summed E-state index contributed by atoms with van der Waals surface area (Å²) in [5.41, 5.74) is 2.63. The van der Waals surface area contributed by atoms with Crippen LogP contribution in [0.25, 0.3) is 10.8 Å². The van der Waals surface area contributed by atoms with Crippen molar-refractivity contribution in [2.45, 2.75) is 24.7 Å². The van der Waals surface area contributed by atoms with Gasteiger partial charge in [-0.1, -0.05) is 48.5 Å². The van der Waals surface area contributed by atoms with E-state index in [1.165, 1.54) is 4.31 Å². The van der Waals surface area contributed by atoms with Gasteiger partial charge in [-0.3, -0.25) is 9.10 Å². The zero-order valence-electron chi connectivity index (χ0n) is 19.4. The van der Waals surface area contributed by atoms with Crippen LogP contribution in [0.2, 0.25) is 0 Å². The number of hydrogen-bond donors (Lipinski definition) is 1. The summed E-state index contributed by atoms with van der Waals surface area (Å²) in [4.78, 5) is 13.7. The van der Waals surface area contributed by atoms with Gasteiger partial charge < -0.3 is 10.1 Å². The maximum atomic E-state index is 13.4. The van der Waals surface area contributed by atoms with Crippen molar-refractivity contribution in [3.05, 3.63) is 96.1 Å². The van der Waals surface area contributed by atoms with E-state index in [0.717, 1.165) is 22.8 Å². The molecule has 1 aliphatic rings. The lowest BCUT2D eigenvalue weighted by Crippen LogP contribution is -2.35. The lowest BCUT2D eigenvalue weighted by molar-refractivity contribution is 0.102. The van der Waals surface area contributed by atoms with E-state index in [-0.39, 0.29) is 10.8 Å². The molecule has 0 atom stereocenters. The van der Waals surface area contributed by atoms with Gasteiger partial charge in [-0.15, -0.1) is 0 Å². The van der Waals surface area contributed by atoms with Gasteiger partial charge in [-0.25, -0.2) is 8.42 Å². The third kappa shape index (κ3) is 4.35. The van der Waals surface area contributed by atoms with Gasteiger partial charge in [0.05, 0.1) is 22.8 Å². The Morgan fingerprint density at radius 2 is 1.74 bits per heavy atom. The molecular weight excluding hydrogens is 460 g/mol. The topological polar surface area (TPSA) is 75.7 Å². The highest BCUT2D eigenvalue weighted by atomic mass is 32.2. The number of sulfonamides is 1. The van der Waals surface area contributed by atoms with Crippen LogP contribution in [0.1, 0.15) is 29.3 Å². The van der Waals surface area contributed by atoms with Crippen LogP contribution in [-0.4, -0.2) is 27.5 Å².